The normalized spacial score (nSPS) is 17.4. The number of carbonyl (C=O) groups excluding carboxylic acids is 1. The minimum Gasteiger partial charge on any atom is -0.492 e. The zero-order valence-corrected chi connectivity index (χ0v) is 18.3. The zero-order chi connectivity index (χ0) is 18.1. The molecule has 0 spiro atoms. The number of hydrogen-bond donors (Lipinski definition) is 2. The molecule has 1 heterocycles. The van der Waals surface area contributed by atoms with Gasteiger partial charge in [-0.1, -0.05) is 19.1 Å². The molecular formula is C20H35Cl2N3O2. The number of carbonyl (C=O) groups is 1. The van der Waals surface area contributed by atoms with E-state index in [4.69, 9.17) is 4.74 Å². The summed E-state index contributed by atoms with van der Waals surface area (Å²) in [7, 11) is 4.06. The first-order chi connectivity index (χ1) is 12.0. The van der Waals surface area contributed by atoms with Crippen LogP contribution < -0.4 is 15.4 Å². The van der Waals surface area contributed by atoms with Crippen molar-refractivity contribution in [3.63, 3.8) is 0 Å². The van der Waals surface area contributed by atoms with Gasteiger partial charge in [-0.15, -0.1) is 24.8 Å². The lowest BCUT2D eigenvalue weighted by molar-refractivity contribution is -0.122. The molecule has 1 aliphatic rings. The van der Waals surface area contributed by atoms with Crippen LogP contribution in [-0.2, 0) is 11.3 Å². The SMILES string of the molecule is CC(CC(=O)NCc1ccc(OCCN(C)C)cc1)C1CCCNC1.Cl.Cl. The summed E-state index contributed by atoms with van der Waals surface area (Å²) >= 11 is 0. The van der Waals surface area contributed by atoms with Gasteiger partial charge in [0.2, 0.25) is 5.91 Å². The second-order valence-electron chi connectivity index (χ2n) is 7.36. The Balaban J connectivity index is 0.00000338. The number of piperidine rings is 1. The fraction of sp³-hybridized carbons (Fsp3) is 0.650. The first-order valence-corrected chi connectivity index (χ1v) is 9.38. The van der Waals surface area contributed by atoms with Crippen molar-refractivity contribution in [3.8, 4) is 5.75 Å². The lowest BCUT2D eigenvalue weighted by Gasteiger charge is -2.28. The maximum Gasteiger partial charge on any atom is 0.220 e. The Labute approximate surface area is 176 Å². The fourth-order valence-corrected chi connectivity index (χ4v) is 3.15. The van der Waals surface area contributed by atoms with Gasteiger partial charge in [-0.25, -0.2) is 0 Å². The van der Waals surface area contributed by atoms with Crippen LogP contribution in [0, 0.1) is 11.8 Å². The average molecular weight is 420 g/mol. The van der Waals surface area contributed by atoms with Crippen molar-refractivity contribution in [2.75, 3.05) is 40.3 Å². The van der Waals surface area contributed by atoms with Gasteiger partial charge < -0.3 is 20.3 Å². The van der Waals surface area contributed by atoms with Crippen LogP contribution in [-0.4, -0.2) is 51.1 Å². The highest BCUT2D eigenvalue weighted by molar-refractivity contribution is 5.85. The molecule has 156 valence electrons. The van der Waals surface area contributed by atoms with Crippen LogP contribution in [0.15, 0.2) is 24.3 Å². The van der Waals surface area contributed by atoms with Crippen LogP contribution in [0.5, 0.6) is 5.75 Å². The molecule has 1 aliphatic heterocycles. The topological polar surface area (TPSA) is 53.6 Å². The molecule has 1 amide bonds. The molecule has 0 bridgehead atoms. The lowest BCUT2D eigenvalue weighted by atomic mass is 9.85. The highest BCUT2D eigenvalue weighted by atomic mass is 35.5. The standard InChI is InChI=1S/C20H33N3O2.2ClH/c1-16(18-5-4-10-21-15-18)13-20(24)22-14-17-6-8-19(9-7-17)25-12-11-23(2)3;;/h6-9,16,18,21H,4-5,10-15H2,1-3H3,(H,22,24);2*1H. The average Bonchev–Trinajstić information content (AvgIpc) is 2.61. The van der Waals surface area contributed by atoms with E-state index in [0.717, 1.165) is 30.9 Å². The Hall–Kier alpha value is -1.01. The van der Waals surface area contributed by atoms with Crippen molar-refractivity contribution in [2.24, 2.45) is 11.8 Å². The molecule has 2 unspecified atom stereocenters. The molecule has 7 heteroatoms. The van der Waals surface area contributed by atoms with E-state index in [9.17, 15) is 4.79 Å². The van der Waals surface area contributed by atoms with Gasteiger partial charge in [0, 0.05) is 19.5 Å². The van der Waals surface area contributed by atoms with Crippen LogP contribution in [0.4, 0.5) is 0 Å². The highest BCUT2D eigenvalue weighted by Gasteiger charge is 2.21. The summed E-state index contributed by atoms with van der Waals surface area (Å²) in [6, 6.07) is 7.96. The maximum absolute atomic E-state index is 12.2. The first-order valence-electron chi connectivity index (χ1n) is 9.38. The van der Waals surface area contributed by atoms with Gasteiger partial charge in [-0.3, -0.25) is 4.79 Å². The Bertz CT molecular complexity index is 520. The van der Waals surface area contributed by atoms with Crippen LogP contribution in [0.2, 0.25) is 0 Å². The summed E-state index contributed by atoms with van der Waals surface area (Å²) in [5.41, 5.74) is 1.10. The number of nitrogens with zero attached hydrogens (tertiary/aromatic N) is 1. The van der Waals surface area contributed by atoms with Crippen LogP contribution in [0.25, 0.3) is 0 Å². The van der Waals surface area contributed by atoms with E-state index in [1.807, 2.05) is 38.4 Å². The van der Waals surface area contributed by atoms with Gasteiger partial charge in [-0.2, -0.15) is 0 Å². The van der Waals surface area contributed by atoms with Crippen molar-refractivity contribution >= 4 is 30.7 Å². The maximum atomic E-state index is 12.2. The minimum absolute atomic E-state index is 0. The summed E-state index contributed by atoms with van der Waals surface area (Å²) < 4.78 is 5.68. The molecule has 1 aromatic rings. The molecule has 1 fully saturated rings. The summed E-state index contributed by atoms with van der Waals surface area (Å²) in [5, 5.41) is 6.47. The van der Waals surface area contributed by atoms with Gasteiger partial charge in [0.25, 0.3) is 0 Å². The third kappa shape index (κ3) is 10.2. The predicted octanol–water partition coefficient (Wildman–Crippen LogP) is 3.11. The van der Waals surface area contributed by atoms with Gasteiger partial charge >= 0.3 is 0 Å². The molecule has 2 N–H and O–H groups in total. The molecule has 27 heavy (non-hydrogen) atoms. The number of rotatable bonds is 9. The molecule has 1 saturated heterocycles. The number of halogens is 2. The van der Waals surface area contributed by atoms with Crippen molar-refractivity contribution < 1.29 is 9.53 Å². The van der Waals surface area contributed by atoms with E-state index in [1.54, 1.807) is 0 Å². The summed E-state index contributed by atoms with van der Waals surface area (Å²) in [5.74, 6) is 2.07. The smallest absolute Gasteiger partial charge is 0.220 e. The Morgan fingerprint density at radius 2 is 2.00 bits per heavy atom. The molecule has 0 saturated carbocycles. The molecule has 0 aliphatic carbocycles. The first kappa shape index (κ1) is 26.0. The number of amides is 1. The third-order valence-corrected chi connectivity index (χ3v) is 4.87. The lowest BCUT2D eigenvalue weighted by Crippen LogP contribution is -2.35. The molecule has 2 atom stereocenters. The highest BCUT2D eigenvalue weighted by Crippen LogP contribution is 2.22. The zero-order valence-electron chi connectivity index (χ0n) is 16.7. The largest absolute Gasteiger partial charge is 0.492 e. The van der Waals surface area contributed by atoms with Crippen molar-refractivity contribution in [1.29, 1.82) is 0 Å². The van der Waals surface area contributed by atoms with Crippen LogP contribution >= 0.6 is 24.8 Å². The number of nitrogens with one attached hydrogen (secondary N) is 2. The van der Waals surface area contributed by atoms with Gasteiger partial charge in [0.15, 0.2) is 0 Å². The van der Waals surface area contributed by atoms with Gasteiger partial charge in [-0.05, 0) is 69.6 Å². The third-order valence-electron chi connectivity index (χ3n) is 4.87. The quantitative estimate of drug-likeness (QED) is 0.645. The van der Waals surface area contributed by atoms with E-state index in [1.165, 1.54) is 12.8 Å². The van der Waals surface area contributed by atoms with E-state index >= 15 is 0 Å². The van der Waals surface area contributed by atoms with Crippen LogP contribution in [0.1, 0.15) is 31.7 Å². The second-order valence-corrected chi connectivity index (χ2v) is 7.36. The Morgan fingerprint density at radius 3 is 2.59 bits per heavy atom. The summed E-state index contributed by atoms with van der Waals surface area (Å²) in [6.07, 6.45) is 3.06. The number of benzene rings is 1. The van der Waals surface area contributed by atoms with Crippen molar-refractivity contribution in [3.05, 3.63) is 29.8 Å². The monoisotopic (exact) mass is 419 g/mol. The molecule has 0 aromatic heterocycles. The van der Waals surface area contributed by atoms with E-state index < -0.39 is 0 Å². The summed E-state index contributed by atoms with van der Waals surface area (Å²) in [4.78, 5) is 14.3. The molecule has 2 rings (SSSR count). The molecular weight excluding hydrogens is 385 g/mol. The van der Waals surface area contributed by atoms with Gasteiger partial charge in [0.05, 0.1) is 0 Å². The van der Waals surface area contributed by atoms with E-state index in [0.29, 0.717) is 31.4 Å². The number of likely N-dealkylation sites (N-methyl/N-ethyl adjacent to an activating group) is 1. The predicted molar refractivity (Wildman–Crippen MR) is 116 cm³/mol. The Morgan fingerprint density at radius 1 is 1.30 bits per heavy atom. The fourth-order valence-electron chi connectivity index (χ4n) is 3.15. The van der Waals surface area contributed by atoms with E-state index in [2.05, 4.69) is 22.5 Å². The van der Waals surface area contributed by atoms with Gasteiger partial charge in [0.1, 0.15) is 12.4 Å². The van der Waals surface area contributed by atoms with E-state index in [-0.39, 0.29) is 30.7 Å². The van der Waals surface area contributed by atoms with Crippen molar-refractivity contribution in [1.82, 2.24) is 15.5 Å². The van der Waals surface area contributed by atoms with Crippen LogP contribution in [0.3, 0.4) is 0 Å². The molecule has 0 radical (unpaired) electrons. The number of ether oxygens (including phenoxy) is 1. The second kappa shape index (κ2) is 14.1. The minimum atomic E-state index is 0. The molecule has 1 aromatic carbocycles. The molecule has 5 nitrogen and oxygen atoms in total. The number of hydrogen-bond acceptors (Lipinski definition) is 4. The summed E-state index contributed by atoms with van der Waals surface area (Å²) in [6.45, 7) is 6.50. The van der Waals surface area contributed by atoms with Crippen molar-refractivity contribution in [2.45, 2.75) is 32.7 Å². The Kier molecular flexibility index (Phi) is 13.5.